The number of ether oxygens (including phenoxy) is 1. The van der Waals surface area contributed by atoms with Crippen molar-refractivity contribution in [1.29, 1.82) is 0 Å². The molecule has 0 heterocycles. The Morgan fingerprint density at radius 3 is 1.40 bits per heavy atom. The van der Waals surface area contributed by atoms with Crippen LogP contribution in [0.25, 0.3) is 0 Å². The van der Waals surface area contributed by atoms with E-state index in [1.165, 1.54) is 0 Å². The van der Waals surface area contributed by atoms with Gasteiger partial charge in [-0.05, 0) is 23.0 Å². The first kappa shape index (κ1) is 29.6. The van der Waals surface area contributed by atoms with E-state index in [4.69, 9.17) is 4.74 Å². The molecule has 1 radical (unpaired) electrons. The summed E-state index contributed by atoms with van der Waals surface area (Å²) in [6, 6.07) is 13.8. The van der Waals surface area contributed by atoms with Gasteiger partial charge in [0, 0.05) is 11.1 Å². The maximum absolute atomic E-state index is 10.4. The zero-order valence-corrected chi connectivity index (χ0v) is 20.9. The molecule has 0 fully saturated rings. The van der Waals surface area contributed by atoms with Crippen molar-refractivity contribution in [3.05, 3.63) is 53.6 Å². The number of halogens is 2. The van der Waals surface area contributed by atoms with Crippen LogP contribution < -0.4 is 38.7 Å². The molecule has 2 aromatic carbocycles. The molecule has 0 spiro atoms. The maximum atomic E-state index is 10.4. The molecule has 0 bridgehead atoms. The molecule has 0 aliphatic carbocycles. The van der Waals surface area contributed by atoms with Crippen LogP contribution in [0.3, 0.4) is 0 Å². The molecular weight excluding hydrogens is 480 g/mol. The Labute approximate surface area is 189 Å². The third kappa shape index (κ3) is 9.37. The smallest absolute Gasteiger partial charge is 1.00 e. The quantitative estimate of drug-likeness (QED) is 0.412. The monoisotopic (exact) mass is 507 g/mol. The van der Waals surface area contributed by atoms with Gasteiger partial charge in [0.25, 0.3) is 0 Å². The van der Waals surface area contributed by atoms with Crippen LogP contribution in [0.5, 0.6) is 11.5 Å². The summed E-state index contributed by atoms with van der Waals surface area (Å²) in [5.74, 6) is 1.20. The molecule has 0 unspecified atom stereocenters. The largest absolute Gasteiger partial charge is 3.00 e. The second-order valence-electron chi connectivity index (χ2n) is 7.53. The molecule has 0 saturated heterocycles. The van der Waals surface area contributed by atoms with Crippen molar-refractivity contribution in [1.82, 2.24) is 0 Å². The van der Waals surface area contributed by atoms with E-state index in [1.807, 2.05) is 42.5 Å². The van der Waals surface area contributed by atoms with Gasteiger partial charge in [0.2, 0.25) is 0 Å². The molecule has 0 aromatic heterocycles. The molecule has 0 saturated carbocycles. The fourth-order valence-electron chi connectivity index (χ4n) is 2.19. The average molecular weight is 509 g/mol. The van der Waals surface area contributed by atoms with Crippen LogP contribution >= 0.6 is 0 Å². The van der Waals surface area contributed by atoms with Crippen molar-refractivity contribution < 1.29 is 65.5 Å². The average Bonchev–Trinajstić information content (AvgIpc) is 2.95. The number of methoxy groups -OCH3 is 1. The third-order valence-electron chi connectivity index (χ3n) is 3.49. The summed E-state index contributed by atoms with van der Waals surface area (Å²) < 4.78 is 5.33. The Morgan fingerprint density at radius 1 is 0.840 bits per heavy atom. The van der Waals surface area contributed by atoms with Gasteiger partial charge in [-0.1, -0.05) is 41.5 Å². The van der Waals surface area contributed by atoms with Gasteiger partial charge in [-0.15, -0.1) is 0 Å². The van der Waals surface area contributed by atoms with Crippen molar-refractivity contribution in [2.24, 2.45) is 0 Å². The van der Waals surface area contributed by atoms with Gasteiger partial charge >= 0.3 is 21.7 Å². The van der Waals surface area contributed by atoms with Gasteiger partial charge in [0.1, 0.15) is 11.5 Å². The van der Waals surface area contributed by atoms with Crippen molar-refractivity contribution >= 4 is 0 Å². The maximum Gasteiger partial charge on any atom is 3.00 e. The van der Waals surface area contributed by atoms with Crippen LogP contribution in [0.15, 0.2) is 42.5 Å². The molecule has 139 valence electrons. The molecule has 0 atom stereocenters. The van der Waals surface area contributed by atoms with E-state index in [1.54, 1.807) is 7.11 Å². The minimum atomic E-state index is -0.0986. The summed E-state index contributed by atoms with van der Waals surface area (Å²) in [7, 11) is 1.66. The number of phenols is 1. The molecule has 25 heavy (non-hydrogen) atoms. The van der Waals surface area contributed by atoms with E-state index in [2.05, 4.69) is 41.5 Å². The Kier molecular flexibility index (Phi) is 14.5. The third-order valence-corrected chi connectivity index (χ3v) is 3.49. The van der Waals surface area contributed by atoms with Crippen molar-refractivity contribution in [2.45, 2.75) is 52.4 Å². The first-order chi connectivity index (χ1) is 10.1. The van der Waals surface area contributed by atoms with Gasteiger partial charge in [-0.2, -0.15) is 18.2 Å². The summed E-state index contributed by atoms with van der Waals surface area (Å²) in [6.07, 6.45) is 0. The SMILES string of the molecule is COc1cc(C(C)(C)C)c(O)c(C(C)(C)C)c1.[Br-].[Br-].[Ti+3].c1cc[cH-]c1. The number of aromatic hydroxyl groups is 1. The van der Waals surface area contributed by atoms with Gasteiger partial charge in [-0.3, -0.25) is 0 Å². The summed E-state index contributed by atoms with van der Waals surface area (Å²) in [5, 5.41) is 10.4. The van der Waals surface area contributed by atoms with Crippen LogP contribution in [0.4, 0.5) is 0 Å². The summed E-state index contributed by atoms with van der Waals surface area (Å²) in [4.78, 5) is 0. The number of benzene rings is 1. The normalized spacial score (nSPS) is 10.2. The number of hydrogen-bond acceptors (Lipinski definition) is 2. The topological polar surface area (TPSA) is 29.5 Å². The molecule has 1 N–H and O–H groups in total. The second kappa shape index (κ2) is 12.3. The Balaban J connectivity index is -0.000000522. The van der Waals surface area contributed by atoms with E-state index < -0.39 is 0 Å². The standard InChI is InChI=1S/C15H24O2.C5H5.2BrH.Ti/c1-14(2,3)11-8-10(17-7)9-12(13(11)16)15(4,5)6;1-2-4-5-3-1;;;/h8-9,16H,1-7H3;1-5H;2*1H;/q;-1;;;+3/p-2. The van der Waals surface area contributed by atoms with Crippen molar-refractivity contribution in [3.8, 4) is 11.5 Å². The fourth-order valence-corrected chi connectivity index (χ4v) is 2.19. The minimum absolute atomic E-state index is 0. The first-order valence-electron chi connectivity index (χ1n) is 7.66. The predicted octanol–water partition coefficient (Wildman–Crippen LogP) is -0.593. The predicted molar refractivity (Wildman–Crippen MR) is 94.1 cm³/mol. The van der Waals surface area contributed by atoms with Gasteiger partial charge < -0.3 is 43.8 Å². The zero-order valence-electron chi connectivity index (χ0n) is 16.2. The van der Waals surface area contributed by atoms with Crippen molar-refractivity contribution in [2.75, 3.05) is 7.11 Å². The van der Waals surface area contributed by atoms with E-state index in [0.29, 0.717) is 5.75 Å². The molecule has 0 aliphatic heterocycles. The van der Waals surface area contributed by atoms with Crippen LogP contribution in [0, 0.1) is 0 Å². The first-order valence-corrected chi connectivity index (χ1v) is 7.66. The van der Waals surface area contributed by atoms with E-state index >= 15 is 0 Å². The van der Waals surface area contributed by atoms with Gasteiger partial charge in [-0.25, -0.2) is 12.1 Å². The summed E-state index contributed by atoms with van der Waals surface area (Å²) >= 11 is 0. The fraction of sp³-hybridized carbons (Fsp3) is 0.450. The van der Waals surface area contributed by atoms with Crippen LogP contribution in [0.1, 0.15) is 52.7 Å². The van der Waals surface area contributed by atoms with E-state index in [9.17, 15) is 5.11 Å². The molecule has 2 rings (SSSR count). The van der Waals surface area contributed by atoms with Crippen LogP contribution in [0.2, 0.25) is 0 Å². The van der Waals surface area contributed by atoms with Gasteiger partial charge in [0.05, 0.1) is 7.11 Å². The molecule has 5 heteroatoms. The summed E-state index contributed by atoms with van der Waals surface area (Å²) in [6.45, 7) is 12.5. The molecular formula is C20H29Br2O2Ti. The molecule has 2 aromatic rings. The Bertz CT molecular complexity index is 531. The van der Waals surface area contributed by atoms with Crippen molar-refractivity contribution in [3.63, 3.8) is 0 Å². The number of rotatable bonds is 1. The number of phenolic OH excluding ortho intramolecular Hbond substituents is 1. The van der Waals surface area contributed by atoms with Gasteiger partial charge in [0.15, 0.2) is 0 Å². The van der Waals surface area contributed by atoms with E-state index in [0.717, 1.165) is 16.9 Å². The zero-order chi connectivity index (χ0) is 17.0. The van der Waals surface area contributed by atoms with Crippen LogP contribution in [-0.2, 0) is 32.5 Å². The Morgan fingerprint density at radius 2 is 1.20 bits per heavy atom. The number of hydrogen-bond donors (Lipinski definition) is 1. The molecule has 0 amide bonds. The van der Waals surface area contributed by atoms with Crippen LogP contribution in [-0.4, -0.2) is 12.2 Å². The molecule has 0 aliphatic rings. The summed E-state index contributed by atoms with van der Waals surface area (Å²) in [5.41, 5.74) is 1.67. The molecule has 2 nitrogen and oxygen atoms in total. The second-order valence-corrected chi connectivity index (χ2v) is 7.53. The Hall–Kier alpha value is -0.156. The minimum Gasteiger partial charge on any atom is -1.00 e. The van der Waals surface area contributed by atoms with E-state index in [-0.39, 0.29) is 66.5 Å².